The summed E-state index contributed by atoms with van der Waals surface area (Å²) in [6.07, 6.45) is 2.55. The number of ether oxygens (including phenoxy) is 1. The van der Waals surface area contributed by atoms with Crippen molar-refractivity contribution in [2.24, 2.45) is 11.3 Å². The zero-order chi connectivity index (χ0) is 18.4. The zero-order valence-corrected chi connectivity index (χ0v) is 15.3. The SMILES string of the molecule is COC(=O)C1=C(C)NC2=CC(C)(C)CC(=O)C2C1c1cccc(C)n1. The molecular weight excluding hydrogens is 316 g/mol. The van der Waals surface area contributed by atoms with Crippen molar-refractivity contribution in [3.8, 4) is 0 Å². The van der Waals surface area contributed by atoms with E-state index in [4.69, 9.17) is 4.74 Å². The summed E-state index contributed by atoms with van der Waals surface area (Å²) in [4.78, 5) is 30.1. The van der Waals surface area contributed by atoms with E-state index in [1.807, 2.05) is 45.9 Å². The summed E-state index contributed by atoms with van der Waals surface area (Å²) in [5, 5.41) is 3.28. The minimum Gasteiger partial charge on any atom is -0.466 e. The Bertz CT molecular complexity index is 805. The van der Waals surface area contributed by atoms with Crippen molar-refractivity contribution >= 4 is 11.8 Å². The number of allylic oxidation sites excluding steroid dienone is 3. The number of carbonyl (C=O) groups is 2. The van der Waals surface area contributed by atoms with Crippen molar-refractivity contribution < 1.29 is 14.3 Å². The summed E-state index contributed by atoms with van der Waals surface area (Å²) < 4.78 is 5.00. The number of nitrogens with one attached hydrogen (secondary N) is 1. The highest BCUT2D eigenvalue weighted by Crippen LogP contribution is 2.46. The Morgan fingerprint density at radius 3 is 2.64 bits per heavy atom. The number of nitrogens with zero attached hydrogens (tertiary/aromatic N) is 1. The van der Waals surface area contributed by atoms with Crippen LogP contribution in [-0.2, 0) is 14.3 Å². The van der Waals surface area contributed by atoms with Crippen LogP contribution in [0.3, 0.4) is 0 Å². The number of methoxy groups -OCH3 is 1. The third-order valence-corrected chi connectivity index (χ3v) is 4.87. The standard InChI is InChI=1S/C20H24N2O3/c1-11-7-6-8-13(21-11)18-16(19(24)25-5)12(2)22-14-9-20(3,4)10-15(23)17(14)18/h6-9,17-18,22H,10H2,1-5H3. The van der Waals surface area contributed by atoms with Crippen LogP contribution in [0.2, 0.25) is 0 Å². The molecule has 2 heterocycles. The minimum atomic E-state index is -0.430. The highest BCUT2D eigenvalue weighted by atomic mass is 16.5. The van der Waals surface area contributed by atoms with Crippen molar-refractivity contribution in [1.82, 2.24) is 10.3 Å². The number of pyridine rings is 1. The Morgan fingerprint density at radius 1 is 1.28 bits per heavy atom. The molecule has 0 amide bonds. The maximum atomic E-state index is 13.0. The average molecular weight is 340 g/mol. The van der Waals surface area contributed by atoms with E-state index in [-0.39, 0.29) is 11.2 Å². The van der Waals surface area contributed by atoms with Crippen molar-refractivity contribution in [3.05, 3.63) is 52.6 Å². The Morgan fingerprint density at radius 2 is 2.00 bits per heavy atom. The first-order valence-corrected chi connectivity index (χ1v) is 8.48. The normalized spacial score (nSPS) is 25.0. The molecule has 0 fully saturated rings. The molecule has 0 radical (unpaired) electrons. The average Bonchev–Trinajstić information content (AvgIpc) is 2.51. The molecule has 1 aliphatic heterocycles. The summed E-state index contributed by atoms with van der Waals surface area (Å²) in [5.74, 6) is -1.16. The van der Waals surface area contributed by atoms with Crippen LogP contribution >= 0.6 is 0 Å². The summed E-state index contributed by atoms with van der Waals surface area (Å²) in [5.41, 5.74) is 3.43. The first kappa shape index (κ1) is 17.4. The predicted octanol–water partition coefficient (Wildman–Crippen LogP) is 3.02. The van der Waals surface area contributed by atoms with Gasteiger partial charge in [0.05, 0.1) is 24.5 Å². The fourth-order valence-corrected chi connectivity index (χ4v) is 3.90. The molecule has 0 saturated carbocycles. The molecule has 1 aromatic rings. The lowest BCUT2D eigenvalue weighted by atomic mass is 9.67. The Labute approximate surface area is 148 Å². The van der Waals surface area contributed by atoms with Crippen LogP contribution in [0.1, 0.15) is 44.5 Å². The largest absolute Gasteiger partial charge is 0.466 e. The van der Waals surface area contributed by atoms with Crippen molar-refractivity contribution in [2.75, 3.05) is 7.11 Å². The number of Topliss-reactive ketones (excluding diaryl/α,β-unsaturated/α-hetero) is 1. The van der Waals surface area contributed by atoms with Gasteiger partial charge in [0, 0.05) is 29.2 Å². The molecule has 2 aliphatic rings. The molecule has 0 saturated heterocycles. The highest BCUT2D eigenvalue weighted by molar-refractivity contribution is 5.96. The summed E-state index contributed by atoms with van der Waals surface area (Å²) >= 11 is 0. The van der Waals surface area contributed by atoms with Crippen LogP contribution in [0.5, 0.6) is 0 Å². The molecule has 1 aromatic heterocycles. The van der Waals surface area contributed by atoms with Crippen LogP contribution in [-0.4, -0.2) is 23.8 Å². The predicted molar refractivity (Wildman–Crippen MR) is 94.5 cm³/mol. The van der Waals surface area contributed by atoms with Crippen LogP contribution in [0.25, 0.3) is 0 Å². The number of rotatable bonds is 2. The summed E-state index contributed by atoms with van der Waals surface area (Å²) in [6.45, 7) is 7.84. The molecule has 25 heavy (non-hydrogen) atoms. The van der Waals surface area contributed by atoms with Gasteiger partial charge in [-0.05, 0) is 31.4 Å². The second-order valence-electron chi connectivity index (χ2n) is 7.55. The molecule has 132 valence electrons. The van der Waals surface area contributed by atoms with Crippen LogP contribution in [0, 0.1) is 18.3 Å². The molecule has 0 aromatic carbocycles. The van der Waals surface area contributed by atoms with Gasteiger partial charge in [-0.3, -0.25) is 9.78 Å². The van der Waals surface area contributed by atoms with E-state index >= 15 is 0 Å². The number of carbonyl (C=O) groups excluding carboxylic acids is 2. The van der Waals surface area contributed by atoms with Crippen LogP contribution in [0.4, 0.5) is 0 Å². The Kier molecular flexibility index (Phi) is 4.27. The highest BCUT2D eigenvalue weighted by Gasteiger charge is 2.46. The smallest absolute Gasteiger partial charge is 0.336 e. The van der Waals surface area contributed by atoms with Crippen molar-refractivity contribution in [1.29, 1.82) is 0 Å². The van der Waals surface area contributed by atoms with Gasteiger partial charge in [0.25, 0.3) is 0 Å². The number of hydrogen-bond acceptors (Lipinski definition) is 5. The van der Waals surface area contributed by atoms with Crippen molar-refractivity contribution in [3.63, 3.8) is 0 Å². The molecule has 5 heteroatoms. The number of aromatic nitrogens is 1. The number of aryl methyl sites for hydroxylation is 1. The van der Waals surface area contributed by atoms with Crippen LogP contribution < -0.4 is 5.32 Å². The summed E-state index contributed by atoms with van der Waals surface area (Å²) in [6, 6.07) is 5.69. The number of fused-ring (bicyclic) bond motifs is 1. The number of ketones is 1. The molecule has 3 rings (SSSR count). The topological polar surface area (TPSA) is 68.3 Å². The van der Waals surface area contributed by atoms with E-state index < -0.39 is 17.8 Å². The Balaban J connectivity index is 2.22. The molecule has 2 atom stereocenters. The van der Waals surface area contributed by atoms with Gasteiger partial charge in [-0.25, -0.2) is 4.79 Å². The lowest BCUT2D eigenvalue weighted by Crippen LogP contribution is -2.43. The van der Waals surface area contributed by atoms with Gasteiger partial charge < -0.3 is 10.1 Å². The Hall–Kier alpha value is -2.43. The lowest BCUT2D eigenvalue weighted by molar-refractivity contribution is -0.137. The monoisotopic (exact) mass is 340 g/mol. The third-order valence-electron chi connectivity index (χ3n) is 4.87. The minimum absolute atomic E-state index is 0.122. The van der Waals surface area contributed by atoms with Gasteiger partial charge in [0.2, 0.25) is 0 Å². The van der Waals surface area contributed by atoms with Crippen molar-refractivity contribution in [2.45, 2.75) is 40.0 Å². The summed E-state index contributed by atoms with van der Waals surface area (Å²) in [7, 11) is 1.36. The molecule has 1 aliphatic carbocycles. The first-order valence-electron chi connectivity index (χ1n) is 8.48. The molecule has 0 bridgehead atoms. The number of hydrogen-bond donors (Lipinski definition) is 1. The fraction of sp³-hybridized carbons (Fsp3) is 0.450. The van der Waals surface area contributed by atoms with Gasteiger partial charge in [-0.1, -0.05) is 26.0 Å². The van der Waals surface area contributed by atoms with Gasteiger partial charge >= 0.3 is 5.97 Å². The van der Waals surface area contributed by atoms with E-state index in [2.05, 4.69) is 16.4 Å². The van der Waals surface area contributed by atoms with E-state index in [9.17, 15) is 9.59 Å². The van der Waals surface area contributed by atoms with E-state index in [1.165, 1.54) is 7.11 Å². The fourth-order valence-electron chi connectivity index (χ4n) is 3.90. The molecular formula is C20H24N2O3. The molecule has 1 N–H and O–H groups in total. The van der Waals surface area contributed by atoms with E-state index in [1.54, 1.807) is 0 Å². The van der Waals surface area contributed by atoms with Gasteiger partial charge in [-0.15, -0.1) is 0 Å². The van der Waals surface area contributed by atoms with Gasteiger partial charge in [0.1, 0.15) is 5.78 Å². The van der Waals surface area contributed by atoms with Crippen LogP contribution in [0.15, 0.2) is 41.2 Å². The van der Waals surface area contributed by atoms with Gasteiger partial charge in [-0.2, -0.15) is 0 Å². The second-order valence-corrected chi connectivity index (χ2v) is 7.55. The molecule has 5 nitrogen and oxygen atoms in total. The van der Waals surface area contributed by atoms with E-state index in [0.29, 0.717) is 17.7 Å². The maximum Gasteiger partial charge on any atom is 0.336 e. The van der Waals surface area contributed by atoms with E-state index in [0.717, 1.165) is 17.1 Å². The first-order chi connectivity index (χ1) is 11.7. The zero-order valence-electron chi connectivity index (χ0n) is 15.3. The number of esters is 1. The molecule has 2 unspecified atom stereocenters. The third kappa shape index (κ3) is 3.11. The second kappa shape index (κ2) is 6.14. The van der Waals surface area contributed by atoms with Gasteiger partial charge in [0.15, 0.2) is 0 Å². The molecule has 0 spiro atoms. The maximum absolute atomic E-state index is 13.0. The quantitative estimate of drug-likeness (QED) is 0.838. The lowest BCUT2D eigenvalue weighted by Gasteiger charge is -2.41.